The Kier molecular flexibility index (Phi) is 6.22. The van der Waals surface area contributed by atoms with Crippen LogP contribution in [-0.2, 0) is 6.42 Å². The van der Waals surface area contributed by atoms with Gasteiger partial charge in [-0.3, -0.25) is 4.79 Å². The number of likely N-dealkylation sites (N-methyl/N-ethyl adjacent to an activating group) is 1. The van der Waals surface area contributed by atoms with Gasteiger partial charge in [-0.25, -0.2) is 4.68 Å². The maximum Gasteiger partial charge on any atom is 0.257 e. The molecule has 3 rings (SSSR count). The average Bonchev–Trinajstić information content (AvgIpc) is 3.07. The van der Waals surface area contributed by atoms with Crippen LogP contribution in [0.25, 0.3) is 5.69 Å². The van der Waals surface area contributed by atoms with E-state index in [0.717, 1.165) is 61.8 Å². The van der Waals surface area contributed by atoms with Gasteiger partial charge in [0.2, 0.25) is 0 Å². The zero-order valence-electron chi connectivity index (χ0n) is 16.7. The van der Waals surface area contributed by atoms with Crippen LogP contribution in [0.1, 0.15) is 55.4 Å². The molecule has 0 atom stereocenters. The Morgan fingerprint density at radius 3 is 2.37 bits per heavy atom. The largest absolute Gasteiger partial charge is 0.336 e. The number of rotatable bonds is 5. The van der Waals surface area contributed by atoms with E-state index in [-0.39, 0.29) is 11.8 Å². The molecule has 0 bridgehead atoms. The van der Waals surface area contributed by atoms with Crippen LogP contribution in [0, 0.1) is 0 Å². The van der Waals surface area contributed by atoms with Crippen LogP contribution in [0.2, 0.25) is 5.02 Å². The molecule has 0 spiro atoms. The van der Waals surface area contributed by atoms with E-state index in [9.17, 15) is 4.79 Å². The zero-order valence-corrected chi connectivity index (χ0v) is 17.5. The number of carbonyl (C=O) groups excluding carboxylic acids is 1. The van der Waals surface area contributed by atoms with Gasteiger partial charge in [-0.1, -0.05) is 51.4 Å². The van der Waals surface area contributed by atoms with Crippen molar-refractivity contribution >= 4 is 17.5 Å². The lowest BCUT2D eigenvalue weighted by Gasteiger charge is -2.34. The van der Waals surface area contributed by atoms with E-state index in [2.05, 4.69) is 32.6 Å². The van der Waals surface area contributed by atoms with Gasteiger partial charge in [0.25, 0.3) is 5.91 Å². The molecule has 6 heteroatoms. The van der Waals surface area contributed by atoms with Crippen LogP contribution < -0.4 is 0 Å². The van der Waals surface area contributed by atoms with Crippen molar-refractivity contribution < 1.29 is 4.79 Å². The molecule has 1 aromatic carbocycles. The molecule has 1 saturated heterocycles. The molecular formula is C21H29ClN4O. The summed E-state index contributed by atoms with van der Waals surface area (Å²) >= 11 is 6.43. The molecular weight excluding hydrogens is 360 g/mol. The molecule has 1 fully saturated rings. The molecule has 1 aliphatic rings. The highest BCUT2D eigenvalue weighted by molar-refractivity contribution is 6.32. The maximum atomic E-state index is 13.5. The van der Waals surface area contributed by atoms with E-state index >= 15 is 0 Å². The SMILES string of the molecule is CCc1c(C(=O)N2CCN(CC)CC2)c(C(C)C)nn1-c1ccccc1Cl. The van der Waals surface area contributed by atoms with E-state index in [1.165, 1.54) is 0 Å². The van der Waals surface area contributed by atoms with Gasteiger partial charge < -0.3 is 9.80 Å². The Morgan fingerprint density at radius 2 is 1.81 bits per heavy atom. The average molecular weight is 389 g/mol. The summed E-state index contributed by atoms with van der Waals surface area (Å²) in [5.74, 6) is 0.263. The Balaban J connectivity index is 2.04. The summed E-state index contributed by atoms with van der Waals surface area (Å²) in [5.41, 5.74) is 3.38. The maximum absolute atomic E-state index is 13.5. The van der Waals surface area contributed by atoms with Crippen molar-refractivity contribution in [3.63, 3.8) is 0 Å². The molecule has 0 aliphatic carbocycles. The standard InChI is InChI=1S/C21H29ClN4O/c1-5-17-19(21(27)25-13-11-24(6-2)12-14-25)20(15(3)4)23-26(17)18-10-8-7-9-16(18)22/h7-10,15H,5-6,11-14H2,1-4H3. The number of hydrogen-bond acceptors (Lipinski definition) is 3. The summed E-state index contributed by atoms with van der Waals surface area (Å²) in [5, 5.41) is 5.47. The van der Waals surface area contributed by atoms with Crippen LogP contribution in [0.5, 0.6) is 0 Å². The minimum atomic E-state index is 0.101. The van der Waals surface area contributed by atoms with E-state index in [4.69, 9.17) is 16.7 Å². The Hall–Kier alpha value is -1.85. The lowest BCUT2D eigenvalue weighted by Crippen LogP contribution is -2.48. The first-order valence-electron chi connectivity index (χ1n) is 9.86. The van der Waals surface area contributed by atoms with Gasteiger partial charge in [0.15, 0.2) is 0 Å². The highest BCUT2D eigenvalue weighted by atomic mass is 35.5. The number of piperazine rings is 1. The number of hydrogen-bond donors (Lipinski definition) is 0. The molecule has 1 aromatic heterocycles. The Labute approximate surface area is 166 Å². The van der Waals surface area contributed by atoms with Crippen LogP contribution >= 0.6 is 11.6 Å². The second-order valence-electron chi connectivity index (χ2n) is 7.30. The fraction of sp³-hybridized carbons (Fsp3) is 0.524. The first-order valence-corrected chi connectivity index (χ1v) is 10.2. The second kappa shape index (κ2) is 8.44. The number of benzene rings is 1. The molecule has 146 valence electrons. The van der Waals surface area contributed by atoms with E-state index < -0.39 is 0 Å². The minimum absolute atomic E-state index is 0.101. The van der Waals surface area contributed by atoms with Crippen molar-refractivity contribution in [2.24, 2.45) is 0 Å². The predicted molar refractivity (Wildman–Crippen MR) is 110 cm³/mol. The molecule has 2 heterocycles. The minimum Gasteiger partial charge on any atom is -0.336 e. The third-order valence-corrected chi connectivity index (χ3v) is 5.61. The quantitative estimate of drug-likeness (QED) is 0.777. The lowest BCUT2D eigenvalue weighted by molar-refractivity contribution is 0.0641. The third kappa shape index (κ3) is 3.90. The summed E-state index contributed by atoms with van der Waals surface area (Å²) in [6.07, 6.45) is 0.723. The van der Waals surface area contributed by atoms with Gasteiger partial charge in [0.05, 0.1) is 27.7 Å². The summed E-state index contributed by atoms with van der Waals surface area (Å²) in [4.78, 5) is 17.8. The van der Waals surface area contributed by atoms with Crippen molar-refractivity contribution in [3.8, 4) is 5.69 Å². The number of nitrogens with zero attached hydrogens (tertiary/aromatic N) is 4. The first kappa shape index (κ1) is 19.9. The Morgan fingerprint density at radius 1 is 1.15 bits per heavy atom. The summed E-state index contributed by atoms with van der Waals surface area (Å²) in [7, 11) is 0. The molecule has 1 aliphatic heterocycles. The van der Waals surface area contributed by atoms with Crippen molar-refractivity contribution in [2.75, 3.05) is 32.7 Å². The number of para-hydroxylation sites is 1. The van der Waals surface area contributed by atoms with Crippen LogP contribution in [-0.4, -0.2) is 58.2 Å². The van der Waals surface area contributed by atoms with Gasteiger partial charge in [-0.2, -0.15) is 5.10 Å². The second-order valence-corrected chi connectivity index (χ2v) is 7.71. The first-order chi connectivity index (χ1) is 13.0. The molecule has 27 heavy (non-hydrogen) atoms. The normalized spacial score (nSPS) is 15.6. The van der Waals surface area contributed by atoms with Crippen molar-refractivity contribution in [3.05, 3.63) is 46.2 Å². The van der Waals surface area contributed by atoms with Crippen molar-refractivity contribution in [1.29, 1.82) is 0 Å². The zero-order chi connectivity index (χ0) is 19.6. The highest BCUT2D eigenvalue weighted by Gasteiger charge is 2.30. The van der Waals surface area contributed by atoms with Crippen LogP contribution in [0.4, 0.5) is 0 Å². The van der Waals surface area contributed by atoms with Crippen molar-refractivity contribution in [1.82, 2.24) is 19.6 Å². The van der Waals surface area contributed by atoms with Gasteiger partial charge in [0.1, 0.15) is 0 Å². The monoisotopic (exact) mass is 388 g/mol. The van der Waals surface area contributed by atoms with Crippen molar-refractivity contribution in [2.45, 2.75) is 40.0 Å². The fourth-order valence-electron chi connectivity index (χ4n) is 3.68. The van der Waals surface area contributed by atoms with Gasteiger partial charge in [0, 0.05) is 26.2 Å². The molecule has 0 N–H and O–H groups in total. The highest BCUT2D eigenvalue weighted by Crippen LogP contribution is 2.29. The lowest BCUT2D eigenvalue weighted by atomic mass is 10.0. The molecule has 0 radical (unpaired) electrons. The summed E-state index contributed by atoms with van der Waals surface area (Å²) < 4.78 is 1.87. The van der Waals surface area contributed by atoms with E-state index in [1.807, 2.05) is 33.8 Å². The van der Waals surface area contributed by atoms with Gasteiger partial charge in [-0.15, -0.1) is 0 Å². The number of halogens is 1. The van der Waals surface area contributed by atoms with E-state index in [1.54, 1.807) is 0 Å². The molecule has 2 aromatic rings. The molecule has 0 unspecified atom stereocenters. The third-order valence-electron chi connectivity index (χ3n) is 5.29. The van der Waals surface area contributed by atoms with Gasteiger partial charge in [-0.05, 0) is 31.0 Å². The van der Waals surface area contributed by atoms with Gasteiger partial charge >= 0.3 is 0 Å². The predicted octanol–water partition coefficient (Wildman–Crippen LogP) is 3.99. The van der Waals surface area contributed by atoms with Crippen LogP contribution in [0.3, 0.4) is 0 Å². The number of amides is 1. The smallest absolute Gasteiger partial charge is 0.257 e. The topological polar surface area (TPSA) is 41.4 Å². The summed E-state index contributed by atoms with van der Waals surface area (Å²) in [6, 6.07) is 7.66. The molecule has 5 nitrogen and oxygen atoms in total. The molecule has 1 amide bonds. The fourth-order valence-corrected chi connectivity index (χ4v) is 3.90. The Bertz CT molecular complexity index is 807. The van der Waals surface area contributed by atoms with E-state index in [0.29, 0.717) is 5.02 Å². The number of carbonyl (C=O) groups is 1. The number of aromatic nitrogens is 2. The van der Waals surface area contributed by atoms with Crippen LogP contribution in [0.15, 0.2) is 24.3 Å². The molecule has 0 saturated carbocycles. The summed E-state index contributed by atoms with van der Waals surface area (Å²) in [6.45, 7) is 12.8.